The molecule has 16 heavy (non-hydrogen) atoms. The van der Waals surface area contributed by atoms with Gasteiger partial charge >= 0.3 is 0 Å². The SMILES string of the molecule is C=COCCCNCc1cnn(CCO)c1. The molecule has 1 aromatic heterocycles. The van der Waals surface area contributed by atoms with Gasteiger partial charge in [0, 0.05) is 18.3 Å². The first kappa shape index (κ1) is 12.7. The molecule has 0 aliphatic rings. The highest BCUT2D eigenvalue weighted by Gasteiger charge is 1.97. The second-order valence-electron chi connectivity index (χ2n) is 3.40. The maximum absolute atomic E-state index is 8.73. The molecule has 2 N–H and O–H groups in total. The summed E-state index contributed by atoms with van der Waals surface area (Å²) < 4.78 is 6.74. The second kappa shape index (κ2) is 7.90. The Hall–Kier alpha value is -1.33. The highest BCUT2D eigenvalue weighted by Crippen LogP contribution is 1.96. The van der Waals surface area contributed by atoms with Crippen molar-refractivity contribution in [2.45, 2.75) is 19.5 Å². The molecule has 0 saturated carbocycles. The lowest BCUT2D eigenvalue weighted by molar-refractivity contribution is 0.244. The lowest BCUT2D eigenvalue weighted by Gasteiger charge is -2.02. The zero-order valence-electron chi connectivity index (χ0n) is 9.43. The average molecular weight is 225 g/mol. The van der Waals surface area contributed by atoms with Crippen LogP contribution < -0.4 is 5.32 Å². The molecule has 0 spiro atoms. The molecular formula is C11H19N3O2. The number of aliphatic hydroxyl groups excluding tert-OH is 1. The predicted molar refractivity (Wildman–Crippen MR) is 61.8 cm³/mol. The molecule has 0 atom stereocenters. The van der Waals surface area contributed by atoms with Crippen molar-refractivity contribution >= 4 is 0 Å². The summed E-state index contributed by atoms with van der Waals surface area (Å²) in [6.07, 6.45) is 6.15. The van der Waals surface area contributed by atoms with Gasteiger partial charge < -0.3 is 15.2 Å². The molecule has 5 nitrogen and oxygen atoms in total. The van der Waals surface area contributed by atoms with Crippen LogP contribution in [-0.4, -0.2) is 34.6 Å². The maximum Gasteiger partial charge on any atom is 0.0885 e. The Morgan fingerprint density at radius 1 is 1.62 bits per heavy atom. The summed E-state index contributed by atoms with van der Waals surface area (Å²) in [4.78, 5) is 0. The van der Waals surface area contributed by atoms with E-state index < -0.39 is 0 Å². The summed E-state index contributed by atoms with van der Waals surface area (Å²) in [5.41, 5.74) is 1.12. The van der Waals surface area contributed by atoms with Crippen molar-refractivity contribution in [3.05, 3.63) is 30.8 Å². The number of ether oxygens (including phenoxy) is 1. The molecule has 90 valence electrons. The van der Waals surface area contributed by atoms with Gasteiger partial charge in [-0.2, -0.15) is 5.10 Å². The predicted octanol–water partition coefficient (Wildman–Crippen LogP) is 0.515. The molecule has 1 aromatic rings. The van der Waals surface area contributed by atoms with Crippen molar-refractivity contribution in [2.75, 3.05) is 19.8 Å². The van der Waals surface area contributed by atoms with Crippen molar-refractivity contribution < 1.29 is 9.84 Å². The third-order valence-corrected chi connectivity index (χ3v) is 2.08. The van der Waals surface area contributed by atoms with Crippen LogP contribution in [0.1, 0.15) is 12.0 Å². The fourth-order valence-electron chi connectivity index (χ4n) is 1.32. The Kier molecular flexibility index (Phi) is 6.29. The molecule has 0 fully saturated rings. The van der Waals surface area contributed by atoms with Gasteiger partial charge in [-0.1, -0.05) is 6.58 Å². The summed E-state index contributed by atoms with van der Waals surface area (Å²) in [5, 5.41) is 16.1. The lowest BCUT2D eigenvalue weighted by Crippen LogP contribution is -2.15. The molecule has 0 amide bonds. The van der Waals surface area contributed by atoms with Gasteiger partial charge in [0.1, 0.15) is 0 Å². The third kappa shape index (κ3) is 4.95. The van der Waals surface area contributed by atoms with Crippen LogP contribution in [-0.2, 0) is 17.8 Å². The number of hydrogen-bond donors (Lipinski definition) is 2. The van der Waals surface area contributed by atoms with Gasteiger partial charge in [0.05, 0.1) is 32.2 Å². The Bertz CT molecular complexity index is 299. The van der Waals surface area contributed by atoms with Gasteiger partial charge in [0.25, 0.3) is 0 Å². The van der Waals surface area contributed by atoms with Crippen LogP contribution in [0.15, 0.2) is 25.2 Å². The minimum Gasteiger partial charge on any atom is -0.502 e. The summed E-state index contributed by atoms with van der Waals surface area (Å²) in [5.74, 6) is 0. The number of rotatable bonds is 9. The Morgan fingerprint density at radius 3 is 3.25 bits per heavy atom. The molecule has 0 aromatic carbocycles. The zero-order valence-corrected chi connectivity index (χ0v) is 9.43. The highest BCUT2D eigenvalue weighted by atomic mass is 16.5. The summed E-state index contributed by atoms with van der Waals surface area (Å²) >= 11 is 0. The van der Waals surface area contributed by atoms with Crippen LogP contribution >= 0.6 is 0 Å². The first-order valence-electron chi connectivity index (χ1n) is 5.42. The van der Waals surface area contributed by atoms with Crippen molar-refractivity contribution in [1.29, 1.82) is 0 Å². The van der Waals surface area contributed by atoms with E-state index in [-0.39, 0.29) is 6.61 Å². The van der Waals surface area contributed by atoms with Crippen LogP contribution in [0.5, 0.6) is 0 Å². The van der Waals surface area contributed by atoms with Crippen molar-refractivity contribution in [1.82, 2.24) is 15.1 Å². The van der Waals surface area contributed by atoms with Crippen LogP contribution in [0, 0.1) is 0 Å². The van der Waals surface area contributed by atoms with Crippen LogP contribution in [0.25, 0.3) is 0 Å². The largest absolute Gasteiger partial charge is 0.502 e. The first-order chi connectivity index (χ1) is 7.86. The summed E-state index contributed by atoms with van der Waals surface area (Å²) in [6, 6.07) is 0. The molecule has 1 rings (SSSR count). The van der Waals surface area contributed by atoms with Crippen LogP contribution in [0.2, 0.25) is 0 Å². The van der Waals surface area contributed by atoms with E-state index in [0.29, 0.717) is 13.2 Å². The standard InChI is InChI=1S/C11H19N3O2/c1-2-16-7-3-4-12-8-11-9-13-14(10-11)5-6-15/h2,9-10,12,15H,1,3-8H2. The number of nitrogens with one attached hydrogen (secondary N) is 1. The first-order valence-corrected chi connectivity index (χ1v) is 5.42. The topological polar surface area (TPSA) is 59.3 Å². The molecule has 0 unspecified atom stereocenters. The number of hydrogen-bond acceptors (Lipinski definition) is 4. The average Bonchev–Trinajstić information content (AvgIpc) is 2.72. The van der Waals surface area contributed by atoms with E-state index in [1.54, 1.807) is 4.68 Å². The fourth-order valence-corrected chi connectivity index (χ4v) is 1.32. The minimum atomic E-state index is 0.118. The van der Waals surface area contributed by atoms with E-state index in [2.05, 4.69) is 17.0 Å². The molecule has 1 heterocycles. The van der Waals surface area contributed by atoms with Crippen molar-refractivity contribution in [3.8, 4) is 0 Å². The van der Waals surface area contributed by atoms with E-state index in [9.17, 15) is 0 Å². The smallest absolute Gasteiger partial charge is 0.0885 e. The second-order valence-corrected chi connectivity index (χ2v) is 3.40. The van der Waals surface area contributed by atoms with Gasteiger partial charge in [-0.15, -0.1) is 0 Å². The van der Waals surface area contributed by atoms with Crippen LogP contribution in [0.3, 0.4) is 0 Å². The molecule has 0 saturated heterocycles. The van der Waals surface area contributed by atoms with Gasteiger partial charge in [0.15, 0.2) is 0 Å². The Morgan fingerprint density at radius 2 is 2.50 bits per heavy atom. The number of nitrogens with zero attached hydrogens (tertiary/aromatic N) is 2. The summed E-state index contributed by atoms with van der Waals surface area (Å²) in [6.45, 7) is 6.53. The molecule has 5 heteroatoms. The third-order valence-electron chi connectivity index (χ3n) is 2.08. The fraction of sp³-hybridized carbons (Fsp3) is 0.545. The molecule has 0 aliphatic carbocycles. The van der Waals surface area contributed by atoms with E-state index in [1.165, 1.54) is 6.26 Å². The summed E-state index contributed by atoms with van der Waals surface area (Å²) in [7, 11) is 0. The molecule has 0 radical (unpaired) electrons. The number of aromatic nitrogens is 2. The van der Waals surface area contributed by atoms with E-state index in [0.717, 1.165) is 25.1 Å². The Balaban J connectivity index is 2.09. The molecular weight excluding hydrogens is 206 g/mol. The lowest BCUT2D eigenvalue weighted by atomic mass is 10.3. The van der Waals surface area contributed by atoms with Gasteiger partial charge in [-0.05, 0) is 13.0 Å². The normalized spacial score (nSPS) is 10.3. The van der Waals surface area contributed by atoms with E-state index in [1.807, 2.05) is 12.4 Å². The monoisotopic (exact) mass is 225 g/mol. The van der Waals surface area contributed by atoms with Gasteiger partial charge in [0.2, 0.25) is 0 Å². The highest BCUT2D eigenvalue weighted by molar-refractivity contribution is 5.03. The minimum absolute atomic E-state index is 0.118. The molecule has 0 bridgehead atoms. The molecule has 0 aliphatic heterocycles. The van der Waals surface area contributed by atoms with E-state index in [4.69, 9.17) is 9.84 Å². The van der Waals surface area contributed by atoms with Crippen molar-refractivity contribution in [3.63, 3.8) is 0 Å². The zero-order chi connectivity index (χ0) is 11.6. The maximum atomic E-state index is 8.73. The Labute approximate surface area is 95.7 Å². The van der Waals surface area contributed by atoms with Gasteiger partial charge in [-0.25, -0.2) is 0 Å². The van der Waals surface area contributed by atoms with Gasteiger partial charge in [-0.3, -0.25) is 4.68 Å². The van der Waals surface area contributed by atoms with E-state index >= 15 is 0 Å². The quantitative estimate of drug-likeness (QED) is 0.475. The van der Waals surface area contributed by atoms with Crippen LogP contribution in [0.4, 0.5) is 0 Å². The van der Waals surface area contributed by atoms with Crippen molar-refractivity contribution in [2.24, 2.45) is 0 Å². The number of aliphatic hydroxyl groups is 1.